The summed E-state index contributed by atoms with van der Waals surface area (Å²) in [6.45, 7) is 0.422. The summed E-state index contributed by atoms with van der Waals surface area (Å²) in [5, 5.41) is 0. The lowest BCUT2D eigenvalue weighted by atomic mass is 10.1. The van der Waals surface area contributed by atoms with E-state index in [9.17, 15) is 4.79 Å². The molecule has 0 bridgehead atoms. The fourth-order valence-electron chi connectivity index (χ4n) is 2.70. The molecule has 4 aromatic rings. The highest BCUT2D eigenvalue weighted by molar-refractivity contribution is 5.78. The summed E-state index contributed by atoms with van der Waals surface area (Å²) >= 11 is 0. The summed E-state index contributed by atoms with van der Waals surface area (Å²) in [4.78, 5) is 15.4. The SMILES string of the molecule is O=COc1cc(-c2nc3ccccc3o2)ccc1/C=C/c1ccccc1. The normalized spacial score (nSPS) is 11.1. The summed E-state index contributed by atoms with van der Waals surface area (Å²) in [5.74, 6) is 0.937. The van der Waals surface area contributed by atoms with Gasteiger partial charge in [-0.25, -0.2) is 4.98 Å². The smallest absolute Gasteiger partial charge is 0.298 e. The zero-order valence-corrected chi connectivity index (χ0v) is 13.8. The van der Waals surface area contributed by atoms with Gasteiger partial charge >= 0.3 is 0 Å². The van der Waals surface area contributed by atoms with Crippen LogP contribution in [0.2, 0.25) is 0 Å². The molecule has 26 heavy (non-hydrogen) atoms. The van der Waals surface area contributed by atoms with Gasteiger partial charge in [-0.3, -0.25) is 4.79 Å². The Labute approximate surface area is 150 Å². The van der Waals surface area contributed by atoms with Crippen molar-refractivity contribution in [1.29, 1.82) is 0 Å². The molecule has 0 radical (unpaired) electrons. The van der Waals surface area contributed by atoms with Crippen LogP contribution in [0.5, 0.6) is 5.75 Å². The fraction of sp³-hybridized carbons (Fsp3) is 0. The molecule has 0 N–H and O–H groups in total. The average molecular weight is 341 g/mol. The van der Waals surface area contributed by atoms with Gasteiger partial charge < -0.3 is 9.15 Å². The van der Waals surface area contributed by atoms with Crippen molar-refractivity contribution in [3.63, 3.8) is 0 Å². The fourth-order valence-corrected chi connectivity index (χ4v) is 2.70. The van der Waals surface area contributed by atoms with Crippen molar-refractivity contribution in [1.82, 2.24) is 4.98 Å². The lowest BCUT2D eigenvalue weighted by Crippen LogP contribution is -1.92. The van der Waals surface area contributed by atoms with Crippen LogP contribution in [0, 0.1) is 0 Å². The van der Waals surface area contributed by atoms with Crippen molar-refractivity contribution < 1.29 is 13.9 Å². The van der Waals surface area contributed by atoms with Crippen LogP contribution in [0.3, 0.4) is 0 Å². The average Bonchev–Trinajstić information content (AvgIpc) is 3.12. The third-order valence-corrected chi connectivity index (χ3v) is 3.98. The Morgan fingerprint density at radius 3 is 2.50 bits per heavy atom. The molecule has 0 saturated carbocycles. The minimum Gasteiger partial charge on any atom is -0.436 e. The number of oxazole rings is 1. The molecule has 0 aliphatic heterocycles. The van der Waals surface area contributed by atoms with E-state index in [2.05, 4.69) is 4.98 Å². The Balaban J connectivity index is 1.71. The molecule has 1 aromatic heterocycles. The zero-order valence-electron chi connectivity index (χ0n) is 13.8. The highest BCUT2D eigenvalue weighted by atomic mass is 16.5. The lowest BCUT2D eigenvalue weighted by Gasteiger charge is -2.05. The van der Waals surface area contributed by atoms with Gasteiger partial charge in [-0.05, 0) is 29.8 Å². The van der Waals surface area contributed by atoms with Crippen LogP contribution in [0.25, 0.3) is 34.7 Å². The second-order valence-corrected chi connectivity index (χ2v) is 5.70. The monoisotopic (exact) mass is 341 g/mol. The molecule has 0 spiro atoms. The van der Waals surface area contributed by atoms with E-state index in [1.54, 1.807) is 6.07 Å². The molecule has 0 unspecified atom stereocenters. The van der Waals surface area contributed by atoms with Gasteiger partial charge in [-0.15, -0.1) is 0 Å². The lowest BCUT2D eigenvalue weighted by molar-refractivity contribution is -0.120. The van der Waals surface area contributed by atoms with E-state index < -0.39 is 0 Å². The number of benzene rings is 3. The first-order valence-electron chi connectivity index (χ1n) is 8.17. The first-order chi connectivity index (χ1) is 12.8. The van der Waals surface area contributed by atoms with Gasteiger partial charge in [0.2, 0.25) is 5.89 Å². The number of hydrogen-bond acceptors (Lipinski definition) is 4. The highest BCUT2D eigenvalue weighted by Gasteiger charge is 2.11. The quantitative estimate of drug-likeness (QED) is 0.370. The zero-order chi connectivity index (χ0) is 17.8. The van der Waals surface area contributed by atoms with E-state index in [-0.39, 0.29) is 0 Å². The molecule has 0 saturated heterocycles. The highest BCUT2D eigenvalue weighted by Crippen LogP contribution is 2.30. The topological polar surface area (TPSA) is 52.3 Å². The summed E-state index contributed by atoms with van der Waals surface area (Å²) in [6.07, 6.45) is 3.87. The predicted octanol–water partition coefficient (Wildman–Crippen LogP) is 5.20. The molecule has 0 aliphatic rings. The van der Waals surface area contributed by atoms with Crippen molar-refractivity contribution in [2.75, 3.05) is 0 Å². The standard InChI is InChI=1S/C22H15NO3/c24-15-25-21-14-18(22-23-19-8-4-5-9-20(19)26-22)13-12-17(21)11-10-16-6-2-1-3-7-16/h1-15H/b11-10+. The molecule has 0 amide bonds. The Hall–Kier alpha value is -3.66. The summed E-state index contributed by atoms with van der Waals surface area (Å²) in [7, 11) is 0. The van der Waals surface area contributed by atoms with Gasteiger partial charge in [0.05, 0.1) is 0 Å². The molecule has 4 rings (SSSR count). The molecule has 3 aromatic carbocycles. The Morgan fingerprint density at radius 2 is 1.69 bits per heavy atom. The van der Waals surface area contributed by atoms with Crippen LogP contribution in [0.15, 0.2) is 77.2 Å². The first kappa shape index (κ1) is 15.8. The number of carbonyl (C=O) groups excluding carboxylic acids is 1. The number of nitrogens with zero attached hydrogens (tertiary/aromatic N) is 1. The molecular weight excluding hydrogens is 326 g/mol. The molecule has 1 heterocycles. The second-order valence-electron chi connectivity index (χ2n) is 5.70. The van der Waals surface area contributed by atoms with Crippen LogP contribution in [0.1, 0.15) is 11.1 Å². The number of aromatic nitrogens is 1. The summed E-state index contributed by atoms with van der Waals surface area (Å²) < 4.78 is 10.9. The summed E-state index contributed by atoms with van der Waals surface area (Å²) in [6, 6.07) is 23.0. The molecule has 0 aliphatic carbocycles. The number of hydrogen-bond donors (Lipinski definition) is 0. The van der Waals surface area contributed by atoms with Gasteiger partial charge in [0.25, 0.3) is 6.47 Å². The number of para-hydroxylation sites is 2. The van der Waals surface area contributed by atoms with Crippen molar-refractivity contribution >= 4 is 29.7 Å². The van der Waals surface area contributed by atoms with Gasteiger partial charge in [0.15, 0.2) is 5.58 Å². The molecule has 0 atom stereocenters. The molecular formula is C22H15NO3. The van der Waals surface area contributed by atoms with Crippen molar-refractivity contribution in [2.45, 2.75) is 0 Å². The number of fused-ring (bicyclic) bond motifs is 1. The van der Waals surface area contributed by atoms with Crippen molar-refractivity contribution in [3.8, 4) is 17.2 Å². The minimum atomic E-state index is 0.422. The van der Waals surface area contributed by atoms with E-state index in [1.807, 2.05) is 78.9 Å². The van der Waals surface area contributed by atoms with Crippen LogP contribution < -0.4 is 4.74 Å². The number of ether oxygens (including phenoxy) is 1. The van der Waals surface area contributed by atoms with Gasteiger partial charge in [-0.1, -0.05) is 60.7 Å². The van der Waals surface area contributed by atoms with E-state index in [0.29, 0.717) is 23.7 Å². The number of carbonyl (C=O) groups is 1. The van der Waals surface area contributed by atoms with Gasteiger partial charge in [-0.2, -0.15) is 0 Å². The third kappa shape index (κ3) is 3.26. The molecule has 0 fully saturated rings. The van der Waals surface area contributed by atoms with Crippen LogP contribution in [-0.4, -0.2) is 11.5 Å². The summed E-state index contributed by atoms with van der Waals surface area (Å²) in [5.41, 5.74) is 4.10. The Morgan fingerprint density at radius 1 is 0.885 bits per heavy atom. The largest absolute Gasteiger partial charge is 0.436 e. The minimum absolute atomic E-state index is 0.422. The molecule has 4 nitrogen and oxygen atoms in total. The Kier molecular flexibility index (Phi) is 4.31. The molecule has 126 valence electrons. The van der Waals surface area contributed by atoms with E-state index in [4.69, 9.17) is 9.15 Å². The van der Waals surface area contributed by atoms with Crippen molar-refractivity contribution in [2.24, 2.45) is 0 Å². The van der Waals surface area contributed by atoms with Gasteiger partial charge in [0, 0.05) is 11.1 Å². The maximum Gasteiger partial charge on any atom is 0.298 e. The predicted molar refractivity (Wildman–Crippen MR) is 102 cm³/mol. The second kappa shape index (κ2) is 7.07. The van der Waals surface area contributed by atoms with Crippen LogP contribution in [-0.2, 0) is 4.79 Å². The van der Waals surface area contributed by atoms with E-state index in [1.165, 1.54) is 0 Å². The van der Waals surface area contributed by atoms with Crippen LogP contribution in [0.4, 0.5) is 0 Å². The van der Waals surface area contributed by atoms with E-state index >= 15 is 0 Å². The first-order valence-corrected chi connectivity index (χ1v) is 8.17. The van der Waals surface area contributed by atoms with Crippen LogP contribution >= 0.6 is 0 Å². The third-order valence-electron chi connectivity index (χ3n) is 3.98. The maximum absolute atomic E-state index is 10.9. The maximum atomic E-state index is 10.9. The molecule has 4 heteroatoms. The van der Waals surface area contributed by atoms with Gasteiger partial charge in [0.1, 0.15) is 11.3 Å². The van der Waals surface area contributed by atoms with Crippen molar-refractivity contribution in [3.05, 3.63) is 83.9 Å². The van der Waals surface area contributed by atoms with E-state index in [0.717, 1.165) is 22.2 Å². The number of rotatable bonds is 5. The Bertz CT molecular complexity index is 1050.